The quantitative estimate of drug-likeness (QED) is 0.696. The Bertz CT molecular complexity index is 830. The second-order valence-corrected chi connectivity index (χ2v) is 8.37. The molecule has 1 unspecified atom stereocenters. The van der Waals surface area contributed by atoms with Crippen molar-refractivity contribution in [2.45, 2.75) is 31.5 Å². The summed E-state index contributed by atoms with van der Waals surface area (Å²) in [7, 11) is 0. The number of thiophene rings is 1. The summed E-state index contributed by atoms with van der Waals surface area (Å²) in [6.45, 7) is 3.43. The molecule has 0 amide bonds. The number of carbonyl (C=O) groups is 2. The zero-order valence-electron chi connectivity index (χ0n) is 15.5. The third-order valence-corrected chi connectivity index (χ3v) is 6.57. The van der Waals surface area contributed by atoms with Gasteiger partial charge in [0.05, 0.1) is 0 Å². The molecule has 2 N–H and O–H groups in total. The number of ether oxygens (including phenoxy) is 1. The molecule has 4 heterocycles. The highest BCUT2D eigenvalue weighted by Crippen LogP contribution is 2.30. The molecular formula is C21H24N2O4S. The predicted molar refractivity (Wildman–Crippen MR) is 106 cm³/mol. The van der Waals surface area contributed by atoms with Crippen LogP contribution >= 0.6 is 11.3 Å². The van der Waals surface area contributed by atoms with Crippen molar-refractivity contribution in [3.05, 3.63) is 57.8 Å². The molecule has 0 radical (unpaired) electrons. The van der Waals surface area contributed by atoms with E-state index in [2.05, 4.69) is 10.2 Å². The molecule has 0 aliphatic carbocycles. The maximum Gasteiger partial charge on any atom is 0.345 e. The number of fused-ring (bicyclic) bond motifs is 3. The van der Waals surface area contributed by atoms with Crippen molar-refractivity contribution >= 4 is 23.3 Å². The number of hydrogen-bond acceptors (Lipinski definition) is 6. The largest absolute Gasteiger partial charge is 0.477 e. The summed E-state index contributed by atoms with van der Waals surface area (Å²) in [6.07, 6.45) is 2.14. The van der Waals surface area contributed by atoms with Gasteiger partial charge in [-0.25, -0.2) is 9.59 Å². The van der Waals surface area contributed by atoms with Gasteiger partial charge in [0.15, 0.2) is 0 Å². The van der Waals surface area contributed by atoms with Crippen LogP contribution in [-0.4, -0.2) is 47.7 Å². The third-order valence-electron chi connectivity index (χ3n) is 5.61. The van der Waals surface area contributed by atoms with Crippen molar-refractivity contribution in [3.63, 3.8) is 0 Å². The molecule has 2 bridgehead atoms. The fourth-order valence-electron chi connectivity index (χ4n) is 4.04. The van der Waals surface area contributed by atoms with Crippen LogP contribution in [0.25, 0.3) is 0 Å². The summed E-state index contributed by atoms with van der Waals surface area (Å²) in [4.78, 5) is 26.8. The molecule has 3 fully saturated rings. The van der Waals surface area contributed by atoms with Gasteiger partial charge in [0.1, 0.15) is 17.0 Å². The van der Waals surface area contributed by atoms with Gasteiger partial charge in [-0.2, -0.15) is 0 Å². The zero-order valence-corrected chi connectivity index (χ0v) is 16.4. The van der Waals surface area contributed by atoms with Crippen molar-refractivity contribution in [3.8, 4) is 0 Å². The van der Waals surface area contributed by atoms with Gasteiger partial charge in [0.2, 0.25) is 0 Å². The highest BCUT2D eigenvalue weighted by Gasteiger charge is 2.37. The fourth-order valence-corrected chi connectivity index (χ4v) is 4.79. The summed E-state index contributed by atoms with van der Waals surface area (Å²) in [6, 6.07) is 10.6. The minimum Gasteiger partial charge on any atom is -0.477 e. The predicted octanol–water partition coefficient (Wildman–Crippen LogP) is 2.91. The first kappa shape index (κ1) is 19.1. The minimum absolute atomic E-state index is 0.0391. The van der Waals surface area contributed by atoms with Gasteiger partial charge in [-0.3, -0.25) is 10.2 Å². The van der Waals surface area contributed by atoms with Gasteiger partial charge in [-0.1, -0.05) is 30.3 Å². The van der Waals surface area contributed by atoms with Gasteiger partial charge in [0.25, 0.3) is 0 Å². The van der Waals surface area contributed by atoms with Gasteiger partial charge in [-0.15, -0.1) is 11.3 Å². The van der Waals surface area contributed by atoms with Gasteiger partial charge in [0, 0.05) is 13.1 Å². The minimum atomic E-state index is -0.933. The first-order valence-corrected chi connectivity index (χ1v) is 10.5. The van der Waals surface area contributed by atoms with E-state index in [9.17, 15) is 9.59 Å². The third kappa shape index (κ3) is 4.27. The summed E-state index contributed by atoms with van der Waals surface area (Å²) < 4.78 is 5.94. The Morgan fingerprint density at radius 2 is 2.00 bits per heavy atom. The van der Waals surface area contributed by atoms with Crippen LogP contribution < -0.4 is 5.32 Å². The van der Waals surface area contributed by atoms with E-state index in [-0.39, 0.29) is 12.1 Å². The summed E-state index contributed by atoms with van der Waals surface area (Å²) in [5, 5.41) is 14.2. The van der Waals surface area contributed by atoms with E-state index in [1.807, 2.05) is 30.3 Å². The van der Waals surface area contributed by atoms with Crippen LogP contribution in [0.4, 0.5) is 0 Å². The topological polar surface area (TPSA) is 78.9 Å². The lowest BCUT2D eigenvalue weighted by Gasteiger charge is -2.44. The lowest BCUT2D eigenvalue weighted by molar-refractivity contribution is -0.161. The smallest absolute Gasteiger partial charge is 0.345 e. The Balaban J connectivity index is 1.45. The number of benzene rings is 1. The second-order valence-electron chi connectivity index (χ2n) is 7.46. The summed E-state index contributed by atoms with van der Waals surface area (Å²) >= 11 is 1.19. The number of nitrogens with one attached hydrogen (secondary N) is 1. The normalized spacial score (nSPS) is 24.6. The number of esters is 1. The average Bonchev–Trinajstić information content (AvgIpc) is 3.19. The highest BCUT2D eigenvalue weighted by molar-refractivity contribution is 7.12. The molecule has 148 valence electrons. The molecule has 1 aromatic carbocycles. The first-order chi connectivity index (χ1) is 13.6. The maximum atomic E-state index is 13.0. The SMILES string of the molecule is O=C(O)c1cc(CNC(C(=O)O[C@H]2CN3CCC2CC3)c2ccccc2)cs1. The monoisotopic (exact) mass is 400 g/mol. The number of carboxylic acid groups (broad SMARTS) is 1. The van der Waals surface area contributed by atoms with Gasteiger partial charge < -0.3 is 9.84 Å². The van der Waals surface area contributed by atoms with E-state index < -0.39 is 12.0 Å². The van der Waals surface area contributed by atoms with Crippen LogP contribution in [-0.2, 0) is 16.1 Å². The van der Waals surface area contributed by atoms with Crippen LogP contribution in [0.2, 0.25) is 0 Å². The number of piperidine rings is 3. The van der Waals surface area contributed by atoms with Crippen LogP contribution in [0.1, 0.15) is 39.7 Å². The Morgan fingerprint density at radius 3 is 2.61 bits per heavy atom. The van der Waals surface area contributed by atoms with Crippen LogP contribution in [0.5, 0.6) is 0 Å². The second kappa shape index (κ2) is 8.43. The van der Waals surface area contributed by atoms with E-state index in [0.29, 0.717) is 17.3 Å². The molecule has 7 heteroatoms. The molecule has 0 spiro atoms. The summed E-state index contributed by atoms with van der Waals surface area (Å²) in [5.74, 6) is -0.739. The van der Waals surface area contributed by atoms with Crippen molar-refractivity contribution in [1.29, 1.82) is 0 Å². The average molecular weight is 401 g/mol. The fraction of sp³-hybridized carbons (Fsp3) is 0.429. The Kier molecular flexibility index (Phi) is 5.75. The van der Waals surface area contributed by atoms with Gasteiger partial charge >= 0.3 is 11.9 Å². The number of aromatic carboxylic acids is 1. The Hall–Kier alpha value is -2.22. The number of hydrogen-bond donors (Lipinski definition) is 2. The van der Waals surface area contributed by atoms with E-state index in [0.717, 1.165) is 43.6 Å². The molecule has 1 aromatic heterocycles. The molecule has 3 aliphatic rings. The Labute approximate surface area is 168 Å². The number of carboxylic acids is 1. The molecule has 3 saturated heterocycles. The molecule has 28 heavy (non-hydrogen) atoms. The lowest BCUT2D eigenvalue weighted by atomic mass is 9.86. The Morgan fingerprint density at radius 1 is 1.25 bits per heavy atom. The van der Waals surface area contributed by atoms with Crippen molar-refractivity contribution in [2.24, 2.45) is 5.92 Å². The molecular weight excluding hydrogens is 376 g/mol. The van der Waals surface area contributed by atoms with Gasteiger partial charge in [-0.05, 0) is 54.4 Å². The molecule has 5 rings (SSSR count). The lowest BCUT2D eigenvalue weighted by Crippen LogP contribution is -2.52. The molecule has 3 aliphatic heterocycles. The number of nitrogens with zero attached hydrogens (tertiary/aromatic N) is 1. The van der Waals surface area contributed by atoms with Crippen molar-refractivity contribution in [2.75, 3.05) is 19.6 Å². The maximum absolute atomic E-state index is 13.0. The standard InChI is InChI=1S/C21H24N2O4S/c24-20(25)18-10-14(13-28-18)11-22-19(16-4-2-1-3-5-16)21(26)27-17-12-23-8-6-15(17)7-9-23/h1-5,10,13,15,17,19,22H,6-9,11-12H2,(H,24,25)/t17-,19?/m0/s1. The molecule has 2 aromatic rings. The van der Waals surface area contributed by atoms with Crippen molar-refractivity contribution in [1.82, 2.24) is 10.2 Å². The van der Waals surface area contributed by atoms with E-state index in [1.165, 1.54) is 11.3 Å². The van der Waals surface area contributed by atoms with E-state index in [1.54, 1.807) is 11.4 Å². The van der Waals surface area contributed by atoms with E-state index >= 15 is 0 Å². The van der Waals surface area contributed by atoms with Crippen LogP contribution in [0, 0.1) is 5.92 Å². The number of rotatable bonds is 7. The molecule has 6 nitrogen and oxygen atoms in total. The number of carbonyl (C=O) groups excluding carboxylic acids is 1. The highest BCUT2D eigenvalue weighted by atomic mass is 32.1. The summed E-state index contributed by atoms with van der Waals surface area (Å²) in [5.41, 5.74) is 1.70. The molecule has 2 atom stereocenters. The van der Waals surface area contributed by atoms with E-state index in [4.69, 9.17) is 9.84 Å². The van der Waals surface area contributed by atoms with Crippen molar-refractivity contribution < 1.29 is 19.4 Å². The van der Waals surface area contributed by atoms with Crippen LogP contribution in [0.15, 0.2) is 41.8 Å². The first-order valence-electron chi connectivity index (χ1n) is 9.62. The van der Waals surface area contributed by atoms with Crippen LogP contribution in [0.3, 0.4) is 0 Å². The molecule has 0 saturated carbocycles. The zero-order chi connectivity index (χ0) is 19.5.